The summed E-state index contributed by atoms with van der Waals surface area (Å²) >= 11 is 0. The zero-order chi connectivity index (χ0) is 20.8. The predicted molar refractivity (Wildman–Crippen MR) is 122 cm³/mol. The van der Waals surface area contributed by atoms with Crippen LogP contribution in [0.2, 0.25) is 0 Å². The molecule has 4 heteroatoms. The van der Waals surface area contributed by atoms with Crippen LogP contribution in [-0.2, 0) is 11.2 Å². The van der Waals surface area contributed by atoms with Gasteiger partial charge in [0.1, 0.15) is 5.82 Å². The molecule has 1 amide bonds. The fourth-order valence-corrected chi connectivity index (χ4v) is 3.68. The third-order valence-corrected chi connectivity index (χ3v) is 5.21. The molecule has 3 aromatic carbocycles. The van der Waals surface area contributed by atoms with E-state index in [1.807, 2.05) is 60.7 Å². The molecule has 4 rings (SSSR count). The highest BCUT2D eigenvalue weighted by atomic mass is 16.1. The maximum absolute atomic E-state index is 12.2. The summed E-state index contributed by atoms with van der Waals surface area (Å²) in [5.74, 6) is 0.873. The van der Waals surface area contributed by atoms with Crippen LogP contribution in [0.5, 0.6) is 0 Å². The lowest BCUT2D eigenvalue weighted by Gasteiger charge is -2.18. The summed E-state index contributed by atoms with van der Waals surface area (Å²) in [6.45, 7) is 2.72. The molecule has 1 heterocycles. The Morgan fingerprint density at radius 1 is 0.967 bits per heavy atom. The second-order valence-corrected chi connectivity index (χ2v) is 7.26. The molecule has 0 aliphatic rings. The van der Waals surface area contributed by atoms with Gasteiger partial charge in [-0.1, -0.05) is 72.8 Å². The molecule has 1 atom stereocenters. The third-order valence-electron chi connectivity index (χ3n) is 5.21. The molecule has 150 valence electrons. The van der Waals surface area contributed by atoms with Gasteiger partial charge < -0.3 is 9.88 Å². The third kappa shape index (κ3) is 4.49. The number of carbonyl (C=O) groups is 1. The lowest BCUT2D eigenvalue weighted by molar-refractivity contribution is -0.116. The van der Waals surface area contributed by atoms with E-state index in [1.54, 1.807) is 6.08 Å². The molecular formula is C26H25N3O. The number of hydrogen-bond donors (Lipinski definition) is 1. The number of aromatic nitrogens is 2. The van der Waals surface area contributed by atoms with E-state index >= 15 is 0 Å². The van der Waals surface area contributed by atoms with Gasteiger partial charge in [-0.25, -0.2) is 4.98 Å². The quantitative estimate of drug-likeness (QED) is 0.447. The lowest BCUT2D eigenvalue weighted by atomic mass is 10.1. The minimum Gasteiger partial charge on any atom is -0.352 e. The first-order valence-corrected chi connectivity index (χ1v) is 10.2. The molecule has 4 nitrogen and oxygen atoms in total. The molecular weight excluding hydrogens is 370 g/mol. The van der Waals surface area contributed by atoms with Crippen molar-refractivity contribution >= 4 is 23.0 Å². The van der Waals surface area contributed by atoms with Gasteiger partial charge in [0, 0.05) is 19.0 Å². The number of fused-ring (bicyclic) bond motifs is 1. The monoisotopic (exact) mass is 395 g/mol. The van der Waals surface area contributed by atoms with E-state index in [1.165, 1.54) is 5.56 Å². The van der Waals surface area contributed by atoms with Gasteiger partial charge in [0.2, 0.25) is 5.91 Å². The van der Waals surface area contributed by atoms with Gasteiger partial charge in [-0.15, -0.1) is 0 Å². The van der Waals surface area contributed by atoms with Crippen LogP contribution in [0.25, 0.3) is 17.1 Å². The van der Waals surface area contributed by atoms with Crippen molar-refractivity contribution in [3.63, 3.8) is 0 Å². The average Bonchev–Trinajstić information content (AvgIpc) is 3.16. The Balaban J connectivity index is 1.49. The predicted octanol–water partition coefficient (Wildman–Crippen LogP) is 5.02. The Kier molecular flexibility index (Phi) is 6.04. The highest BCUT2D eigenvalue weighted by molar-refractivity contribution is 5.91. The number of para-hydroxylation sites is 2. The van der Waals surface area contributed by atoms with Gasteiger partial charge in [0.25, 0.3) is 0 Å². The van der Waals surface area contributed by atoms with E-state index in [2.05, 4.69) is 47.1 Å². The molecule has 0 aliphatic heterocycles. The zero-order valence-electron chi connectivity index (χ0n) is 17.0. The summed E-state index contributed by atoms with van der Waals surface area (Å²) in [5.41, 5.74) is 4.33. The van der Waals surface area contributed by atoms with Crippen LogP contribution in [0.4, 0.5) is 0 Å². The topological polar surface area (TPSA) is 46.9 Å². The van der Waals surface area contributed by atoms with E-state index in [4.69, 9.17) is 4.98 Å². The van der Waals surface area contributed by atoms with Gasteiger partial charge >= 0.3 is 0 Å². The van der Waals surface area contributed by atoms with E-state index in [0.717, 1.165) is 22.4 Å². The Bertz CT molecular complexity index is 1150. The number of amides is 1. The molecule has 1 N–H and O–H groups in total. The number of nitrogens with one attached hydrogen (secondary N) is 1. The molecule has 0 saturated carbocycles. The van der Waals surface area contributed by atoms with Crippen molar-refractivity contribution in [3.05, 3.63) is 108 Å². The van der Waals surface area contributed by atoms with Crippen LogP contribution in [0.3, 0.4) is 0 Å². The number of imidazole rings is 1. The summed E-state index contributed by atoms with van der Waals surface area (Å²) in [6.07, 6.45) is 4.06. The first-order valence-electron chi connectivity index (χ1n) is 10.2. The maximum atomic E-state index is 12.2. The van der Waals surface area contributed by atoms with Crippen LogP contribution in [0.15, 0.2) is 91.0 Å². The summed E-state index contributed by atoms with van der Waals surface area (Å²) < 4.78 is 2.27. The summed E-state index contributed by atoms with van der Waals surface area (Å²) in [5, 5.41) is 2.97. The molecule has 0 saturated heterocycles. The Hall–Kier alpha value is -3.66. The molecule has 4 aromatic rings. The zero-order valence-corrected chi connectivity index (χ0v) is 17.0. The minimum atomic E-state index is -0.0994. The average molecular weight is 396 g/mol. The fraction of sp³-hybridized carbons (Fsp3) is 0.154. The Morgan fingerprint density at radius 3 is 2.40 bits per heavy atom. The number of benzene rings is 3. The largest absolute Gasteiger partial charge is 0.352 e. The molecule has 0 aliphatic carbocycles. The lowest BCUT2D eigenvalue weighted by Crippen LogP contribution is -2.25. The number of nitrogens with zero attached hydrogens (tertiary/aromatic N) is 2. The van der Waals surface area contributed by atoms with Crippen molar-refractivity contribution in [1.82, 2.24) is 14.9 Å². The van der Waals surface area contributed by atoms with Gasteiger partial charge in [0.05, 0.1) is 17.1 Å². The van der Waals surface area contributed by atoms with Crippen molar-refractivity contribution in [2.45, 2.75) is 19.4 Å². The Labute approximate surface area is 176 Å². The highest BCUT2D eigenvalue weighted by Crippen LogP contribution is 2.26. The number of carbonyl (C=O) groups excluding carboxylic acids is 1. The first-order chi connectivity index (χ1) is 14.7. The SMILES string of the molecule is CC(c1ccccc1)n1c(CCNC(=O)/C=C/c2ccccc2)nc2ccccc21. The van der Waals surface area contributed by atoms with Crippen LogP contribution in [0, 0.1) is 0 Å². The summed E-state index contributed by atoms with van der Waals surface area (Å²) in [4.78, 5) is 17.0. The molecule has 0 spiro atoms. The van der Waals surface area contributed by atoms with E-state index in [9.17, 15) is 4.79 Å². The van der Waals surface area contributed by atoms with Gasteiger partial charge in [-0.2, -0.15) is 0 Å². The van der Waals surface area contributed by atoms with Gasteiger partial charge in [-0.3, -0.25) is 4.79 Å². The van der Waals surface area contributed by atoms with Crippen LogP contribution < -0.4 is 5.32 Å². The fourth-order valence-electron chi connectivity index (χ4n) is 3.68. The highest BCUT2D eigenvalue weighted by Gasteiger charge is 2.16. The van der Waals surface area contributed by atoms with E-state index in [-0.39, 0.29) is 11.9 Å². The standard InChI is InChI=1S/C26H25N3O/c1-20(22-12-6-3-7-13-22)29-24-15-9-8-14-23(24)28-25(29)18-19-27-26(30)17-16-21-10-4-2-5-11-21/h2-17,20H,18-19H2,1H3,(H,27,30)/b17-16+. The summed E-state index contributed by atoms with van der Waals surface area (Å²) in [7, 11) is 0. The maximum Gasteiger partial charge on any atom is 0.244 e. The molecule has 1 unspecified atom stereocenters. The smallest absolute Gasteiger partial charge is 0.244 e. The summed E-state index contributed by atoms with van der Waals surface area (Å²) in [6, 6.07) is 28.6. The van der Waals surface area contributed by atoms with Crippen molar-refractivity contribution in [2.24, 2.45) is 0 Å². The van der Waals surface area contributed by atoms with Crippen LogP contribution in [-0.4, -0.2) is 22.0 Å². The van der Waals surface area contributed by atoms with Gasteiger partial charge in [-0.05, 0) is 36.3 Å². The first kappa shape index (κ1) is 19.6. The van der Waals surface area contributed by atoms with Crippen LogP contribution >= 0.6 is 0 Å². The Morgan fingerprint density at radius 2 is 1.63 bits per heavy atom. The van der Waals surface area contributed by atoms with Crippen molar-refractivity contribution in [2.75, 3.05) is 6.54 Å². The second-order valence-electron chi connectivity index (χ2n) is 7.26. The molecule has 0 fully saturated rings. The van der Waals surface area contributed by atoms with Crippen molar-refractivity contribution in [3.8, 4) is 0 Å². The molecule has 0 radical (unpaired) electrons. The molecule has 0 bridgehead atoms. The van der Waals surface area contributed by atoms with E-state index in [0.29, 0.717) is 13.0 Å². The van der Waals surface area contributed by atoms with E-state index < -0.39 is 0 Å². The van der Waals surface area contributed by atoms with Crippen molar-refractivity contribution in [1.29, 1.82) is 0 Å². The van der Waals surface area contributed by atoms with Gasteiger partial charge in [0.15, 0.2) is 0 Å². The molecule has 30 heavy (non-hydrogen) atoms. The number of rotatable bonds is 7. The molecule has 1 aromatic heterocycles. The second kappa shape index (κ2) is 9.23. The van der Waals surface area contributed by atoms with Crippen LogP contribution in [0.1, 0.15) is 29.9 Å². The van der Waals surface area contributed by atoms with Crippen molar-refractivity contribution < 1.29 is 4.79 Å². The number of hydrogen-bond acceptors (Lipinski definition) is 2. The normalized spacial score (nSPS) is 12.3. The minimum absolute atomic E-state index is 0.0994.